The lowest BCUT2D eigenvalue weighted by atomic mass is 10.1. The summed E-state index contributed by atoms with van der Waals surface area (Å²) in [7, 11) is 2.17. The van der Waals surface area contributed by atoms with Gasteiger partial charge in [0.05, 0.1) is 5.52 Å². The van der Waals surface area contributed by atoms with Crippen LogP contribution in [0.3, 0.4) is 0 Å². The number of pyridine rings is 1. The molecule has 0 aliphatic carbocycles. The van der Waals surface area contributed by atoms with Crippen LogP contribution in [0.15, 0.2) is 18.3 Å². The van der Waals surface area contributed by atoms with Crippen LogP contribution in [0.4, 0.5) is 5.95 Å². The van der Waals surface area contributed by atoms with Crippen molar-refractivity contribution in [2.75, 3.05) is 25.5 Å². The van der Waals surface area contributed by atoms with Crippen molar-refractivity contribution in [2.45, 2.75) is 18.9 Å². The van der Waals surface area contributed by atoms with E-state index >= 15 is 0 Å². The molecule has 1 saturated heterocycles. The van der Waals surface area contributed by atoms with E-state index in [9.17, 15) is 0 Å². The highest BCUT2D eigenvalue weighted by atomic mass is 15.2. The second-order valence-electron chi connectivity index (χ2n) is 4.68. The Morgan fingerprint density at radius 2 is 2.24 bits per heavy atom. The first-order valence-electron chi connectivity index (χ1n) is 6.07. The van der Waals surface area contributed by atoms with E-state index in [-0.39, 0.29) is 0 Å². The van der Waals surface area contributed by atoms with Gasteiger partial charge in [-0.15, -0.1) is 0 Å². The van der Waals surface area contributed by atoms with Gasteiger partial charge in [-0.3, -0.25) is 0 Å². The normalized spacial score (nSPS) is 18.6. The highest BCUT2D eigenvalue weighted by Crippen LogP contribution is 2.16. The summed E-state index contributed by atoms with van der Waals surface area (Å²) in [6, 6.07) is 4.43. The fourth-order valence-corrected chi connectivity index (χ4v) is 2.26. The van der Waals surface area contributed by atoms with E-state index in [2.05, 4.69) is 32.2 Å². The number of nitrogens with zero attached hydrogens (tertiary/aromatic N) is 3. The predicted octanol–water partition coefficient (Wildman–Crippen LogP) is 1.46. The molecule has 3 rings (SSSR count). The molecule has 2 aromatic rings. The van der Waals surface area contributed by atoms with Gasteiger partial charge in [0.2, 0.25) is 5.95 Å². The van der Waals surface area contributed by atoms with Gasteiger partial charge < -0.3 is 15.2 Å². The van der Waals surface area contributed by atoms with Crippen molar-refractivity contribution < 1.29 is 0 Å². The zero-order valence-electron chi connectivity index (χ0n) is 9.98. The fraction of sp³-hybridized carbons (Fsp3) is 0.500. The molecule has 0 spiro atoms. The number of aromatic amines is 1. The molecule has 0 atom stereocenters. The Morgan fingerprint density at radius 3 is 3.00 bits per heavy atom. The third-order valence-electron chi connectivity index (χ3n) is 3.32. The second-order valence-corrected chi connectivity index (χ2v) is 4.68. The monoisotopic (exact) mass is 231 g/mol. The summed E-state index contributed by atoms with van der Waals surface area (Å²) in [6.07, 6.45) is 4.10. The van der Waals surface area contributed by atoms with Gasteiger partial charge >= 0.3 is 0 Å². The number of rotatable bonds is 2. The molecule has 0 radical (unpaired) electrons. The van der Waals surface area contributed by atoms with Crippen molar-refractivity contribution in [1.29, 1.82) is 0 Å². The number of likely N-dealkylation sites (tertiary alicyclic amines) is 1. The second kappa shape index (κ2) is 4.33. The molecule has 0 amide bonds. The molecule has 2 N–H and O–H groups in total. The van der Waals surface area contributed by atoms with Gasteiger partial charge in [-0.2, -0.15) is 4.98 Å². The standard InChI is InChI=1S/C12H17N5/c1-17-7-4-9(5-8-17)14-12-15-10-3-2-6-13-11(10)16-12/h2-3,6,9H,4-5,7-8H2,1H3,(H2,13,14,15,16). The maximum absolute atomic E-state index is 4.43. The summed E-state index contributed by atoms with van der Waals surface area (Å²) in [5, 5.41) is 3.46. The molecular formula is C12H17N5. The minimum Gasteiger partial charge on any atom is -0.353 e. The first-order chi connectivity index (χ1) is 8.31. The minimum absolute atomic E-state index is 0.520. The number of hydrogen-bond donors (Lipinski definition) is 2. The molecule has 1 fully saturated rings. The smallest absolute Gasteiger partial charge is 0.202 e. The molecule has 0 unspecified atom stereocenters. The van der Waals surface area contributed by atoms with E-state index < -0.39 is 0 Å². The lowest BCUT2D eigenvalue weighted by molar-refractivity contribution is 0.263. The van der Waals surface area contributed by atoms with E-state index in [0.29, 0.717) is 6.04 Å². The molecular weight excluding hydrogens is 214 g/mol. The maximum Gasteiger partial charge on any atom is 0.202 e. The molecule has 1 aliphatic heterocycles. The van der Waals surface area contributed by atoms with Crippen molar-refractivity contribution in [2.24, 2.45) is 0 Å². The average Bonchev–Trinajstić information content (AvgIpc) is 2.74. The fourth-order valence-electron chi connectivity index (χ4n) is 2.26. The first kappa shape index (κ1) is 10.5. The van der Waals surface area contributed by atoms with Crippen LogP contribution in [0, 0.1) is 0 Å². The number of imidazole rings is 1. The lowest BCUT2D eigenvalue weighted by Crippen LogP contribution is -2.36. The topological polar surface area (TPSA) is 56.8 Å². The van der Waals surface area contributed by atoms with Gasteiger partial charge in [0.15, 0.2) is 5.65 Å². The van der Waals surface area contributed by atoms with Crippen molar-refractivity contribution in [3.63, 3.8) is 0 Å². The zero-order chi connectivity index (χ0) is 11.7. The Kier molecular flexibility index (Phi) is 2.68. The Bertz CT molecular complexity index is 465. The molecule has 0 saturated carbocycles. The summed E-state index contributed by atoms with van der Waals surface area (Å²) >= 11 is 0. The van der Waals surface area contributed by atoms with Crippen LogP contribution in [0.2, 0.25) is 0 Å². The summed E-state index contributed by atoms with van der Waals surface area (Å²) in [4.78, 5) is 14.3. The largest absolute Gasteiger partial charge is 0.353 e. The molecule has 0 aromatic carbocycles. The zero-order valence-corrected chi connectivity index (χ0v) is 9.98. The molecule has 5 nitrogen and oxygen atoms in total. The van der Waals surface area contributed by atoms with Gasteiger partial charge in [-0.1, -0.05) is 0 Å². The molecule has 1 aliphatic rings. The molecule has 3 heterocycles. The van der Waals surface area contributed by atoms with E-state index in [1.807, 2.05) is 12.1 Å². The SMILES string of the molecule is CN1CCC(Nc2nc3ncccc3[nH]2)CC1. The van der Waals surface area contributed by atoms with Gasteiger partial charge in [0.1, 0.15) is 0 Å². The highest BCUT2D eigenvalue weighted by molar-refractivity contribution is 5.72. The molecule has 0 bridgehead atoms. The highest BCUT2D eigenvalue weighted by Gasteiger charge is 2.17. The summed E-state index contributed by atoms with van der Waals surface area (Å²) in [5.74, 6) is 0.841. The van der Waals surface area contributed by atoms with Crippen LogP contribution < -0.4 is 5.32 Å². The van der Waals surface area contributed by atoms with Crippen molar-refractivity contribution in [3.8, 4) is 0 Å². The van der Waals surface area contributed by atoms with Crippen LogP contribution in [-0.4, -0.2) is 46.0 Å². The number of nitrogens with one attached hydrogen (secondary N) is 2. The molecule has 17 heavy (non-hydrogen) atoms. The van der Waals surface area contributed by atoms with E-state index in [0.717, 1.165) is 30.2 Å². The third-order valence-corrected chi connectivity index (χ3v) is 3.32. The van der Waals surface area contributed by atoms with Gasteiger partial charge in [-0.25, -0.2) is 4.98 Å². The van der Waals surface area contributed by atoms with E-state index in [4.69, 9.17) is 0 Å². The molecule has 2 aromatic heterocycles. The number of aromatic nitrogens is 3. The van der Waals surface area contributed by atoms with E-state index in [1.165, 1.54) is 12.8 Å². The number of fused-ring (bicyclic) bond motifs is 1. The Labute approximate surface area is 100 Å². The summed E-state index contributed by atoms with van der Waals surface area (Å²) in [5.41, 5.74) is 1.77. The van der Waals surface area contributed by atoms with Crippen LogP contribution in [0.5, 0.6) is 0 Å². The Balaban J connectivity index is 1.72. The predicted molar refractivity (Wildman–Crippen MR) is 68.0 cm³/mol. The first-order valence-corrected chi connectivity index (χ1v) is 6.07. The van der Waals surface area contributed by atoms with Gasteiger partial charge in [0, 0.05) is 12.2 Å². The number of H-pyrrole nitrogens is 1. The number of anilines is 1. The Hall–Kier alpha value is -1.62. The van der Waals surface area contributed by atoms with Crippen molar-refractivity contribution in [1.82, 2.24) is 19.9 Å². The molecule has 90 valence electrons. The summed E-state index contributed by atoms with van der Waals surface area (Å²) in [6.45, 7) is 2.30. The van der Waals surface area contributed by atoms with E-state index in [1.54, 1.807) is 6.20 Å². The van der Waals surface area contributed by atoms with Crippen LogP contribution in [0.25, 0.3) is 11.2 Å². The third kappa shape index (κ3) is 2.24. The number of piperidine rings is 1. The van der Waals surface area contributed by atoms with Crippen LogP contribution in [-0.2, 0) is 0 Å². The van der Waals surface area contributed by atoms with Gasteiger partial charge in [0.25, 0.3) is 0 Å². The average molecular weight is 231 g/mol. The van der Waals surface area contributed by atoms with Crippen molar-refractivity contribution >= 4 is 17.1 Å². The summed E-state index contributed by atoms with van der Waals surface area (Å²) < 4.78 is 0. The Morgan fingerprint density at radius 1 is 1.41 bits per heavy atom. The van der Waals surface area contributed by atoms with Gasteiger partial charge in [-0.05, 0) is 45.1 Å². The van der Waals surface area contributed by atoms with Crippen LogP contribution >= 0.6 is 0 Å². The minimum atomic E-state index is 0.520. The number of hydrogen-bond acceptors (Lipinski definition) is 4. The van der Waals surface area contributed by atoms with Crippen LogP contribution in [0.1, 0.15) is 12.8 Å². The lowest BCUT2D eigenvalue weighted by Gasteiger charge is -2.29. The van der Waals surface area contributed by atoms with Crippen molar-refractivity contribution in [3.05, 3.63) is 18.3 Å². The molecule has 5 heteroatoms. The maximum atomic E-state index is 4.43. The quantitative estimate of drug-likeness (QED) is 0.821.